The summed E-state index contributed by atoms with van der Waals surface area (Å²) in [5, 5.41) is 2.97. The molecular weight excluding hydrogens is 182 g/mol. The van der Waals surface area contributed by atoms with Crippen molar-refractivity contribution in [1.82, 2.24) is 5.32 Å². The summed E-state index contributed by atoms with van der Waals surface area (Å²) in [6.07, 6.45) is 0.555. The van der Waals surface area contributed by atoms with E-state index in [9.17, 15) is 4.79 Å². The number of esters is 1. The van der Waals surface area contributed by atoms with Gasteiger partial charge in [0.15, 0.2) is 0 Å². The van der Waals surface area contributed by atoms with Crippen molar-refractivity contribution in [2.75, 3.05) is 21.3 Å². The first-order chi connectivity index (χ1) is 6.31. The number of carbonyl (C=O) groups is 1. The maximum Gasteiger partial charge on any atom is 0.325 e. The van der Waals surface area contributed by atoms with Crippen LogP contribution >= 0.6 is 0 Å². The van der Waals surface area contributed by atoms with Crippen LogP contribution in [-0.2, 0) is 14.3 Å². The predicted octanol–water partition coefficient (Wildman–Crippen LogP) is 0.953. The van der Waals surface area contributed by atoms with Crippen molar-refractivity contribution in [2.24, 2.45) is 0 Å². The van der Waals surface area contributed by atoms with E-state index in [1.54, 1.807) is 21.1 Å². The van der Waals surface area contributed by atoms with Gasteiger partial charge in [0.1, 0.15) is 5.54 Å². The van der Waals surface area contributed by atoms with E-state index in [1.165, 1.54) is 7.11 Å². The van der Waals surface area contributed by atoms with Crippen molar-refractivity contribution < 1.29 is 14.3 Å². The Morgan fingerprint density at radius 1 is 1.29 bits per heavy atom. The molecule has 0 aliphatic carbocycles. The van der Waals surface area contributed by atoms with Gasteiger partial charge in [-0.15, -0.1) is 0 Å². The van der Waals surface area contributed by atoms with Gasteiger partial charge in [-0.25, -0.2) is 0 Å². The third-order valence-electron chi connectivity index (χ3n) is 2.52. The average Bonchev–Trinajstić information content (AvgIpc) is 2.15. The summed E-state index contributed by atoms with van der Waals surface area (Å²) in [7, 11) is 4.76. The number of hydrogen-bond donors (Lipinski definition) is 1. The van der Waals surface area contributed by atoms with Crippen LogP contribution < -0.4 is 5.32 Å². The van der Waals surface area contributed by atoms with E-state index in [0.717, 1.165) is 0 Å². The van der Waals surface area contributed by atoms with E-state index in [4.69, 9.17) is 9.47 Å². The van der Waals surface area contributed by atoms with Crippen LogP contribution in [0, 0.1) is 0 Å². The molecule has 0 amide bonds. The van der Waals surface area contributed by atoms with Crippen molar-refractivity contribution in [3.63, 3.8) is 0 Å². The van der Waals surface area contributed by atoms with Crippen molar-refractivity contribution in [1.29, 1.82) is 0 Å². The zero-order valence-corrected chi connectivity index (χ0v) is 9.93. The molecule has 0 heterocycles. The van der Waals surface area contributed by atoms with Gasteiger partial charge in [0.05, 0.1) is 12.7 Å². The van der Waals surface area contributed by atoms with Crippen LogP contribution in [-0.4, -0.2) is 38.4 Å². The zero-order chi connectivity index (χ0) is 11.4. The molecule has 4 heteroatoms. The molecule has 0 spiro atoms. The highest BCUT2D eigenvalue weighted by atomic mass is 16.5. The third kappa shape index (κ3) is 3.27. The van der Waals surface area contributed by atoms with Gasteiger partial charge in [-0.2, -0.15) is 0 Å². The van der Waals surface area contributed by atoms with Gasteiger partial charge < -0.3 is 14.8 Å². The fraction of sp³-hybridized carbons (Fsp3) is 0.900. The number of ether oxygens (including phenoxy) is 2. The molecule has 0 aromatic heterocycles. The van der Waals surface area contributed by atoms with Crippen molar-refractivity contribution in [3.8, 4) is 0 Å². The number of nitrogens with one attached hydrogen (secondary N) is 1. The van der Waals surface area contributed by atoms with Gasteiger partial charge >= 0.3 is 5.97 Å². The lowest BCUT2D eigenvalue weighted by molar-refractivity contribution is -0.150. The molecule has 0 radical (unpaired) electrons. The monoisotopic (exact) mass is 203 g/mol. The number of hydrogen-bond acceptors (Lipinski definition) is 4. The Morgan fingerprint density at radius 2 is 1.79 bits per heavy atom. The smallest absolute Gasteiger partial charge is 0.325 e. The molecule has 1 atom stereocenters. The Hall–Kier alpha value is -0.610. The van der Waals surface area contributed by atoms with E-state index in [1.807, 2.05) is 13.8 Å². The lowest BCUT2D eigenvalue weighted by atomic mass is 9.88. The maximum absolute atomic E-state index is 11.5. The summed E-state index contributed by atoms with van der Waals surface area (Å²) in [4.78, 5) is 11.5. The highest BCUT2D eigenvalue weighted by Gasteiger charge is 2.38. The molecule has 4 nitrogen and oxygen atoms in total. The molecule has 0 saturated carbocycles. The van der Waals surface area contributed by atoms with Gasteiger partial charge in [-0.3, -0.25) is 4.79 Å². The molecule has 84 valence electrons. The van der Waals surface area contributed by atoms with Gasteiger partial charge in [0.2, 0.25) is 0 Å². The van der Waals surface area contributed by atoms with Crippen LogP contribution in [0.15, 0.2) is 0 Å². The molecule has 0 aliphatic heterocycles. The van der Waals surface area contributed by atoms with Crippen LogP contribution in [0.1, 0.15) is 27.2 Å². The SMILES string of the molecule is CNC(C)(CC(C)(C)OC)C(=O)OC. The lowest BCUT2D eigenvalue weighted by Crippen LogP contribution is -2.52. The molecule has 1 unspecified atom stereocenters. The average molecular weight is 203 g/mol. The Labute approximate surface area is 86.0 Å². The van der Waals surface area contributed by atoms with E-state index in [0.29, 0.717) is 6.42 Å². The van der Waals surface area contributed by atoms with Crippen molar-refractivity contribution >= 4 is 5.97 Å². The summed E-state index contributed by atoms with van der Waals surface area (Å²) in [5.41, 5.74) is -1.06. The Morgan fingerprint density at radius 3 is 2.07 bits per heavy atom. The second-order valence-electron chi connectivity index (χ2n) is 4.21. The molecule has 0 saturated heterocycles. The summed E-state index contributed by atoms with van der Waals surface area (Å²) in [6, 6.07) is 0. The molecule has 0 fully saturated rings. The van der Waals surface area contributed by atoms with Crippen molar-refractivity contribution in [2.45, 2.75) is 38.3 Å². The zero-order valence-electron chi connectivity index (χ0n) is 9.93. The standard InChI is InChI=1S/C10H21NO3/c1-9(2,14-6)7-10(3,11-4)8(12)13-5/h11H,7H2,1-6H3. The molecule has 0 bridgehead atoms. The molecule has 0 aromatic carbocycles. The Balaban J connectivity index is 4.63. The molecular formula is C10H21NO3. The summed E-state index contributed by atoms with van der Waals surface area (Å²) in [5.74, 6) is -0.273. The fourth-order valence-corrected chi connectivity index (χ4v) is 1.41. The van der Waals surface area contributed by atoms with Gasteiger partial charge in [-0.1, -0.05) is 0 Å². The lowest BCUT2D eigenvalue weighted by Gasteiger charge is -2.34. The van der Waals surface area contributed by atoms with Gasteiger partial charge in [0, 0.05) is 13.5 Å². The van der Waals surface area contributed by atoms with Crippen LogP contribution in [0.25, 0.3) is 0 Å². The van der Waals surface area contributed by atoms with E-state index < -0.39 is 5.54 Å². The molecule has 0 aromatic rings. The van der Waals surface area contributed by atoms with E-state index in [2.05, 4.69) is 5.32 Å². The van der Waals surface area contributed by atoms with Gasteiger partial charge in [0.25, 0.3) is 0 Å². The molecule has 1 N–H and O–H groups in total. The van der Waals surface area contributed by atoms with E-state index >= 15 is 0 Å². The summed E-state index contributed by atoms with van der Waals surface area (Å²) in [6.45, 7) is 5.68. The Bertz CT molecular complexity index is 204. The largest absolute Gasteiger partial charge is 0.468 e. The van der Waals surface area contributed by atoms with Gasteiger partial charge in [-0.05, 0) is 27.8 Å². The molecule has 0 aliphatic rings. The highest BCUT2D eigenvalue weighted by Crippen LogP contribution is 2.23. The first-order valence-electron chi connectivity index (χ1n) is 4.64. The summed E-state index contributed by atoms with van der Waals surface area (Å²) >= 11 is 0. The number of carbonyl (C=O) groups excluding carboxylic acids is 1. The number of likely N-dealkylation sites (N-methyl/N-ethyl adjacent to an activating group) is 1. The third-order valence-corrected chi connectivity index (χ3v) is 2.52. The van der Waals surface area contributed by atoms with Crippen LogP contribution in [0.5, 0.6) is 0 Å². The topological polar surface area (TPSA) is 47.6 Å². The second kappa shape index (κ2) is 4.75. The number of rotatable bonds is 5. The van der Waals surface area contributed by atoms with Crippen molar-refractivity contribution in [3.05, 3.63) is 0 Å². The first-order valence-corrected chi connectivity index (χ1v) is 4.64. The Kier molecular flexibility index (Phi) is 4.55. The minimum atomic E-state index is -0.700. The molecule has 14 heavy (non-hydrogen) atoms. The number of methoxy groups -OCH3 is 2. The summed E-state index contributed by atoms with van der Waals surface area (Å²) < 4.78 is 10.0. The predicted molar refractivity (Wildman–Crippen MR) is 55.2 cm³/mol. The highest BCUT2D eigenvalue weighted by molar-refractivity contribution is 5.80. The van der Waals surface area contributed by atoms with Crippen LogP contribution in [0.4, 0.5) is 0 Å². The van der Waals surface area contributed by atoms with Crippen LogP contribution in [0.3, 0.4) is 0 Å². The normalized spacial score (nSPS) is 16.1. The minimum Gasteiger partial charge on any atom is -0.468 e. The quantitative estimate of drug-likeness (QED) is 0.676. The second-order valence-corrected chi connectivity index (χ2v) is 4.21. The minimum absolute atomic E-state index is 0.273. The fourth-order valence-electron chi connectivity index (χ4n) is 1.41. The van der Waals surface area contributed by atoms with Crippen LogP contribution in [0.2, 0.25) is 0 Å². The first kappa shape index (κ1) is 13.4. The van der Waals surface area contributed by atoms with E-state index in [-0.39, 0.29) is 11.6 Å². The maximum atomic E-state index is 11.5. The molecule has 0 rings (SSSR count).